The van der Waals surface area contributed by atoms with E-state index >= 15 is 0 Å². The predicted molar refractivity (Wildman–Crippen MR) is 78.6 cm³/mol. The van der Waals surface area contributed by atoms with Crippen molar-refractivity contribution in [1.29, 1.82) is 10.5 Å². The highest BCUT2D eigenvalue weighted by Crippen LogP contribution is 2.15. The van der Waals surface area contributed by atoms with Gasteiger partial charge in [0, 0.05) is 11.9 Å². The fraction of sp³-hybridized carbons (Fsp3) is 0.0588. The summed E-state index contributed by atoms with van der Waals surface area (Å²) in [5.41, 5.74) is 3.33. The Morgan fingerprint density at radius 3 is 2.35 bits per heavy atom. The number of benzene rings is 2. The van der Waals surface area contributed by atoms with Gasteiger partial charge in [-0.15, -0.1) is 0 Å². The Hall–Kier alpha value is -3.04. The van der Waals surface area contributed by atoms with Crippen molar-refractivity contribution < 1.29 is 0 Å². The first kappa shape index (κ1) is 13.4. The molecular weight excluding hydrogens is 246 g/mol. The van der Waals surface area contributed by atoms with Crippen LogP contribution in [0.5, 0.6) is 0 Å². The normalized spacial score (nSPS) is 9.10. The van der Waals surface area contributed by atoms with Crippen molar-refractivity contribution in [1.82, 2.24) is 0 Å². The molecule has 2 rings (SSSR count). The van der Waals surface area contributed by atoms with Crippen molar-refractivity contribution in [2.45, 2.75) is 6.42 Å². The van der Waals surface area contributed by atoms with E-state index in [-0.39, 0.29) is 5.57 Å². The minimum atomic E-state index is 0.0541. The molecule has 20 heavy (non-hydrogen) atoms. The van der Waals surface area contributed by atoms with Crippen LogP contribution in [-0.2, 0) is 6.42 Å². The number of rotatable bonds is 4. The molecule has 96 valence electrons. The van der Waals surface area contributed by atoms with Gasteiger partial charge in [0.1, 0.15) is 17.7 Å². The first-order chi connectivity index (χ1) is 9.81. The lowest BCUT2D eigenvalue weighted by molar-refractivity contribution is 1.19. The first-order valence-corrected chi connectivity index (χ1v) is 6.21. The molecule has 0 saturated heterocycles. The van der Waals surface area contributed by atoms with Crippen LogP contribution in [0.1, 0.15) is 11.1 Å². The predicted octanol–water partition coefficient (Wildman–Crippen LogP) is 3.62. The van der Waals surface area contributed by atoms with Crippen LogP contribution in [0.25, 0.3) is 0 Å². The Morgan fingerprint density at radius 2 is 1.65 bits per heavy atom. The molecule has 2 aromatic rings. The molecule has 0 bridgehead atoms. The Labute approximate surface area is 118 Å². The van der Waals surface area contributed by atoms with Gasteiger partial charge in [-0.25, -0.2) is 0 Å². The number of nitrogens with one attached hydrogen (secondary N) is 1. The molecule has 0 radical (unpaired) electrons. The fourth-order valence-corrected chi connectivity index (χ4v) is 1.85. The molecular formula is C17H13N3. The van der Waals surface area contributed by atoms with Gasteiger partial charge in [0.2, 0.25) is 0 Å². The second kappa shape index (κ2) is 6.78. The van der Waals surface area contributed by atoms with Crippen molar-refractivity contribution in [2.75, 3.05) is 5.32 Å². The van der Waals surface area contributed by atoms with Crippen LogP contribution >= 0.6 is 0 Å². The van der Waals surface area contributed by atoms with E-state index in [0.717, 1.165) is 12.1 Å². The summed E-state index contributed by atoms with van der Waals surface area (Å²) in [5, 5.41) is 20.3. The largest absolute Gasteiger partial charge is 0.360 e. The Balaban J connectivity index is 2.11. The van der Waals surface area contributed by atoms with E-state index in [1.54, 1.807) is 0 Å². The van der Waals surface area contributed by atoms with Gasteiger partial charge in [-0.05, 0) is 29.7 Å². The smallest absolute Gasteiger partial charge is 0.145 e. The molecule has 2 aromatic carbocycles. The maximum absolute atomic E-state index is 8.67. The van der Waals surface area contributed by atoms with E-state index in [9.17, 15) is 0 Å². The zero-order valence-electron chi connectivity index (χ0n) is 10.9. The summed E-state index contributed by atoms with van der Waals surface area (Å²) in [7, 11) is 0. The average Bonchev–Trinajstić information content (AvgIpc) is 2.50. The summed E-state index contributed by atoms with van der Waals surface area (Å²) in [6.45, 7) is 0. The molecule has 0 aromatic heterocycles. The van der Waals surface area contributed by atoms with E-state index in [2.05, 4.69) is 23.5 Å². The van der Waals surface area contributed by atoms with Gasteiger partial charge in [0.15, 0.2) is 0 Å². The van der Waals surface area contributed by atoms with Crippen LogP contribution < -0.4 is 5.32 Å². The van der Waals surface area contributed by atoms with Gasteiger partial charge in [0.25, 0.3) is 0 Å². The molecule has 0 aliphatic carbocycles. The van der Waals surface area contributed by atoms with E-state index in [1.807, 2.05) is 48.5 Å². The third kappa shape index (κ3) is 3.73. The number of nitrogens with zero attached hydrogens (tertiary/aromatic N) is 2. The highest BCUT2D eigenvalue weighted by atomic mass is 14.8. The number of hydrogen-bond donors (Lipinski definition) is 1. The minimum Gasteiger partial charge on any atom is -0.360 e. The van der Waals surface area contributed by atoms with Crippen LogP contribution in [0, 0.1) is 22.7 Å². The summed E-state index contributed by atoms with van der Waals surface area (Å²) in [6.07, 6.45) is 2.27. The third-order valence-corrected chi connectivity index (χ3v) is 2.80. The molecule has 0 aliphatic rings. The molecule has 0 heterocycles. The molecule has 0 fully saturated rings. The summed E-state index contributed by atoms with van der Waals surface area (Å²) in [4.78, 5) is 0. The molecule has 0 saturated carbocycles. The summed E-state index contributed by atoms with van der Waals surface area (Å²) < 4.78 is 0. The lowest BCUT2D eigenvalue weighted by atomic mass is 10.0. The van der Waals surface area contributed by atoms with Gasteiger partial charge in [0.05, 0.1) is 0 Å². The highest BCUT2D eigenvalue weighted by Gasteiger charge is 1.98. The van der Waals surface area contributed by atoms with Gasteiger partial charge >= 0.3 is 0 Å². The van der Waals surface area contributed by atoms with Crippen molar-refractivity contribution in [3.8, 4) is 12.1 Å². The maximum Gasteiger partial charge on any atom is 0.145 e. The maximum atomic E-state index is 8.67. The molecule has 0 aliphatic heterocycles. The number of nitriles is 2. The van der Waals surface area contributed by atoms with Crippen LogP contribution in [-0.4, -0.2) is 0 Å². The molecule has 0 spiro atoms. The topological polar surface area (TPSA) is 59.6 Å². The summed E-state index contributed by atoms with van der Waals surface area (Å²) in [6, 6.07) is 21.8. The lowest BCUT2D eigenvalue weighted by Gasteiger charge is -2.05. The first-order valence-electron chi connectivity index (χ1n) is 6.21. The lowest BCUT2D eigenvalue weighted by Crippen LogP contribution is -1.93. The number of allylic oxidation sites excluding steroid dienone is 1. The van der Waals surface area contributed by atoms with Crippen LogP contribution in [0.15, 0.2) is 66.4 Å². The molecule has 1 N–H and O–H groups in total. The minimum absolute atomic E-state index is 0.0541. The Morgan fingerprint density at radius 1 is 0.950 bits per heavy atom. The highest BCUT2D eigenvalue weighted by molar-refractivity contribution is 5.51. The van der Waals surface area contributed by atoms with Crippen LogP contribution in [0.2, 0.25) is 0 Å². The number of hydrogen-bond acceptors (Lipinski definition) is 3. The summed E-state index contributed by atoms with van der Waals surface area (Å²) >= 11 is 0. The SMILES string of the molecule is N#CC(C#N)=CNc1cccc(Cc2ccccc2)c1. The van der Waals surface area contributed by atoms with Gasteiger partial charge in [-0.1, -0.05) is 42.5 Å². The van der Waals surface area contributed by atoms with Crippen molar-refractivity contribution >= 4 is 5.69 Å². The van der Waals surface area contributed by atoms with Crippen LogP contribution in [0.4, 0.5) is 5.69 Å². The third-order valence-electron chi connectivity index (χ3n) is 2.80. The number of anilines is 1. The van der Waals surface area contributed by atoms with E-state index in [4.69, 9.17) is 10.5 Å². The standard InChI is InChI=1S/C17H13N3/c18-11-16(12-19)13-20-17-8-4-7-15(10-17)9-14-5-2-1-3-6-14/h1-8,10,13,20H,9H2. The van der Waals surface area contributed by atoms with Gasteiger partial charge in [-0.3, -0.25) is 0 Å². The second-order valence-electron chi connectivity index (χ2n) is 4.29. The van der Waals surface area contributed by atoms with Gasteiger partial charge < -0.3 is 5.32 Å². The fourth-order valence-electron chi connectivity index (χ4n) is 1.85. The Bertz CT molecular complexity index is 672. The summed E-state index contributed by atoms with van der Waals surface area (Å²) in [5.74, 6) is 0. The Kier molecular flexibility index (Phi) is 4.54. The molecule has 0 unspecified atom stereocenters. The van der Waals surface area contributed by atoms with E-state index in [1.165, 1.54) is 17.3 Å². The van der Waals surface area contributed by atoms with Crippen molar-refractivity contribution in [2.24, 2.45) is 0 Å². The van der Waals surface area contributed by atoms with Crippen LogP contribution in [0.3, 0.4) is 0 Å². The molecule has 0 atom stereocenters. The van der Waals surface area contributed by atoms with Gasteiger partial charge in [-0.2, -0.15) is 10.5 Å². The monoisotopic (exact) mass is 259 g/mol. The van der Waals surface area contributed by atoms with E-state index < -0.39 is 0 Å². The van der Waals surface area contributed by atoms with Crippen molar-refractivity contribution in [3.05, 3.63) is 77.5 Å². The average molecular weight is 259 g/mol. The molecule has 3 heteroatoms. The van der Waals surface area contributed by atoms with Crippen molar-refractivity contribution in [3.63, 3.8) is 0 Å². The second-order valence-corrected chi connectivity index (χ2v) is 4.29. The molecule has 0 amide bonds. The quantitative estimate of drug-likeness (QED) is 0.853. The zero-order valence-corrected chi connectivity index (χ0v) is 10.9. The zero-order chi connectivity index (χ0) is 14.2. The molecule has 3 nitrogen and oxygen atoms in total. The van der Waals surface area contributed by atoms with E-state index in [0.29, 0.717) is 0 Å².